The third kappa shape index (κ3) is 4.61. The Kier molecular flexibility index (Phi) is 6.24. The van der Waals surface area contributed by atoms with Gasteiger partial charge in [0.25, 0.3) is 5.91 Å². The smallest absolute Gasteiger partial charge is 0.340 e. The normalized spacial score (nSPS) is 15.7. The van der Waals surface area contributed by atoms with Crippen LogP contribution in [0.15, 0.2) is 12.1 Å². The number of amides is 2. The summed E-state index contributed by atoms with van der Waals surface area (Å²) >= 11 is 11.5. The number of carbonyl (C=O) groups excluding carboxylic acids is 3. The fraction of sp³-hybridized carbons (Fsp3) is 0.438. The lowest BCUT2D eigenvalue weighted by atomic mass is 10.2. The predicted molar refractivity (Wildman–Crippen MR) is 90.1 cm³/mol. The monoisotopic (exact) mass is 390 g/mol. The van der Waals surface area contributed by atoms with Crippen molar-refractivity contribution in [1.82, 2.24) is 9.80 Å². The van der Waals surface area contributed by atoms with Crippen molar-refractivity contribution >= 4 is 41.0 Å². The number of benzene rings is 1. The fourth-order valence-electron chi connectivity index (χ4n) is 2.45. The van der Waals surface area contributed by atoms with Crippen LogP contribution in [0.25, 0.3) is 0 Å². The average molecular weight is 391 g/mol. The second kappa shape index (κ2) is 8.01. The van der Waals surface area contributed by atoms with Crippen molar-refractivity contribution in [3.63, 3.8) is 0 Å². The van der Waals surface area contributed by atoms with Crippen LogP contribution >= 0.6 is 23.2 Å². The summed E-state index contributed by atoms with van der Waals surface area (Å²) in [4.78, 5) is 38.9. The third-order valence-corrected chi connectivity index (χ3v) is 4.50. The molecular formula is C16H17Cl2FN2O4. The second-order valence-electron chi connectivity index (χ2n) is 5.63. The van der Waals surface area contributed by atoms with Crippen LogP contribution in [0.5, 0.6) is 0 Å². The Morgan fingerprint density at radius 3 is 2.20 bits per heavy atom. The zero-order chi connectivity index (χ0) is 18.7. The van der Waals surface area contributed by atoms with Crippen molar-refractivity contribution in [1.29, 1.82) is 0 Å². The quantitative estimate of drug-likeness (QED) is 0.586. The zero-order valence-electron chi connectivity index (χ0n) is 13.7. The highest BCUT2D eigenvalue weighted by Gasteiger charge is 2.28. The molecule has 0 radical (unpaired) electrons. The van der Waals surface area contributed by atoms with E-state index in [0.717, 1.165) is 12.1 Å². The van der Waals surface area contributed by atoms with Crippen molar-refractivity contribution in [2.24, 2.45) is 0 Å². The molecule has 0 spiro atoms. The first kappa shape index (κ1) is 19.5. The summed E-state index contributed by atoms with van der Waals surface area (Å²) in [6.07, 6.45) is -1.06. The summed E-state index contributed by atoms with van der Waals surface area (Å²) in [5.74, 6) is -2.16. The molecule has 9 heteroatoms. The maximum absolute atomic E-state index is 13.5. The van der Waals surface area contributed by atoms with Crippen molar-refractivity contribution in [3.05, 3.63) is 33.6 Å². The van der Waals surface area contributed by atoms with Gasteiger partial charge in [-0.25, -0.2) is 9.18 Å². The van der Waals surface area contributed by atoms with Gasteiger partial charge in [0.2, 0.25) is 5.91 Å². The van der Waals surface area contributed by atoms with E-state index in [2.05, 4.69) is 0 Å². The van der Waals surface area contributed by atoms with E-state index in [1.807, 2.05) is 0 Å². The van der Waals surface area contributed by atoms with Crippen LogP contribution in [0, 0.1) is 5.82 Å². The Morgan fingerprint density at radius 2 is 1.64 bits per heavy atom. The Hall–Kier alpha value is -1.86. The van der Waals surface area contributed by atoms with E-state index in [1.165, 1.54) is 18.7 Å². The molecule has 1 atom stereocenters. The standard InChI is InChI=1S/C16H17Cl2FN2O4/c1-9(15(23)21-5-3-20(4-6-21)10(2)22)25-16(24)11-7-14(19)13(18)8-12(11)17/h7-9H,3-6H2,1-2H3. The molecule has 136 valence electrons. The highest BCUT2D eigenvalue weighted by Crippen LogP contribution is 2.25. The van der Waals surface area contributed by atoms with Gasteiger partial charge in [0, 0.05) is 33.1 Å². The Bertz CT molecular complexity index is 706. The molecule has 2 rings (SSSR count). The van der Waals surface area contributed by atoms with Gasteiger partial charge in [0.1, 0.15) is 5.82 Å². The number of hydrogen-bond acceptors (Lipinski definition) is 4. The lowest BCUT2D eigenvalue weighted by Crippen LogP contribution is -2.52. The lowest BCUT2D eigenvalue weighted by molar-refractivity contribution is -0.144. The van der Waals surface area contributed by atoms with Gasteiger partial charge in [0.05, 0.1) is 15.6 Å². The zero-order valence-corrected chi connectivity index (χ0v) is 15.2. The van der Waals surface area contributed by atoms with E-state index < -0.39 is 17.9 Å². The van der Waals surface area contributed by atoms with E-state index >= 15 is 0 Å². The van der Waals surface area contributed by atoms with Gasteiger partial charge in [0.15, 0.2) is 6.10 Å². The molecule has 1 aliphatic rings. The molecule has 0 bridgehead atoms. The lowest BCUT2D eigenvalue weighted by Gasteiger charge is -2.35. The minimum atomic E-state index is -1.06. The largest absolute Gasteiger partial charge is 0.449 e. The first-order valence-corrected chi connectivity index (χ1v) is 8.36. The van der Waals surface area contributed by atoms with Gasteiger partial charge < -0.3 is 14.5 Å². The van der Waals surface area contributed by atoms with Crippen LogP contribution in [0.1, 0.15) is 24.2 Å². The van der Waals surface area contributed by atoms with Gasteiger partial charge in [-0.15, -0.1) is 0 Å². The molecule has 25 heavy (non-hydrogen) atoms. The molecule has 1 heterocycles. The van der Waals surface area contributed by atoms with E-state index in [4.69, 9.17) is 27.9 Å². The summed E-state index contributed by atoms with van der Waals surface area (Å²) in [6.45, 7) is 4.47. The molecule has 0 aliphatic carbocycles. The second-order valence-corrected chi connectivity index (χ2v) is 6.44. The van der Waals surface area contributed by atoms with Gasteiger partial charge in [-0.05, 0) is 19.1 Å². The third-order valence-electron chi connectivity index (χ3n) is 3.90. The van der Waals surface area contributed by atoms with E-state index in [1.54, 1.807) is 4.90 Å². The van der Waals surface area contributed by atoms with Crippen LogP contribution in [0.4, 0.5) is 4.39 Å². The highest BCUT2D eigenvalue weighted by atomic mass is 35.5. The number of piperazine rings is 1. The fourth-order valence-corrected chi connectivity index (χ4v) is 2.91. The van der Waals surface area contributed by atoms with E-state index in [0.29, 0.717) is 26.2 Å². The number of hydrogen-bond donors (Lipinski definition) is 0. The number of ether oxygens (including phenoxy) is 1. The molecule has 0 N–H and O–H groups in total. The Labute approximate surface area is 154 Å². The SMILES string of the molecule is CC(=O)N1CCN(C(=O)C(C)OC(=O)c2cc(F)c(Cl)cc2Cl)CC1. The first-order valence-electron chi connectivity index (χ1n) is 7.60. The van der Waals surface area contributed by atoms with Gasteiger partial charge >= 0.3 is 5.97 Å². The van der Waals surface area contributed by atoms with Crippen LogP contribution in [-0.4, -0.2) is 59.9 Å². The van der Waals surface area contributed by atoms with E-state index in [9.17, 15) is 18.8 Å². The predicted octanol–water partition coefficient (Wildman–Crippen LogP) is 2.37. The Morgan fingerprint density at radius 1 is 1.08 bits per heavy atom. The van der Waals surface area contributed by atoms with Crippen molar-refractivity contribution in [2.45, 2.75) is 20.0 Å². The summed E-state index contributed by atoms with van der Waals surface area (Å²) in [5, 5.41) is -0.278. The molecule has 1 aromatic rings. The maximum atomic E-state index is 13.5. The minimum Gasteiger partial charge on any atom is -0.449 e. The van der Waals surface area contributed by atoms with Crippen molar-refractivity contribution < 1.29 is 23.5 Å². The summed E-state index contributed by atoms with van der Waals surface area (Å²) in [5.41, 5.74) is -0.204. The molecular weight excluding hydrogens is 374 g/mol. The van der Waals surface area contributed by atoms with Crippen LogP contribution in [0.2, 0.25) is 10.0 Å². The van der Waals surface area contributed by atoms with Crippen LogP contribution in [-0.2, 0) is 14.3 Å². The first-order chi connectivity index (χ1) is 11.7. The molecule has 1 fully saturated rings. The highest BCUT2D eigenvalue weighted by molar-refractivity contribution is 6.36. The number of rotatable bonds is 3. The Balaban J connectivity index is 1.98. The van der Waals surface area contributed by atoms with Crippen molar-refractivity contribution in [2.75, 3.05) is 26.2 Å². The molecule has 1 aliphatic heterocycles. The molecule has 6 nitrogen and oxygen atoms in total. The van der Waals surface area contributed by atoms with Gasteiger partial charge in [-0.2, -0.15) is 0 Å². The number of nitrogens with zero attached hydrogens (tertiary/aromatic N) is 2. The van der Waals surface area contributed by atoms with Gasteiger partial charge in [-0.3, -0.25) is 9.59 Å². The molecule has 0 saturated carbocycles. The molecule has 1 aromatic carbocycles. The summed E-state index contributed by atoms with van der Waals surface area (Å²) in [7, 11) is 0. The van der Waals surface area contributed by atoms with Crippen molar-refractivity contribution in [3.8, 4) is 0 Å². The summed E-state index contributed by atoms with van der Waals surface area (Å²) in [6, 6.07) is 1.97. The molecule has 1 unspecified atom stereocenters. The average Bonchev–Trinajstić information content (AvgIpc) is 2.57. The van der Waals surface area contributed by atoms with Crippen LogP contribution in [0.3, 0.4) is 0 Å². The van der Waals surface area contributed by atoms with Gasteiger partial charge in [-0.1, -0.05) is 23.2 Å². The number of carbonyl (C=O) groups is 3. The molecule has 2 amide bonds. The molecule has 0 aromatic heterocycles. The summed E-state index contributed by atoms with van der Waals surface area (Å²) < 4.78 is 18.6. The van der Waals surface area contributed by atoms with Crippen LogP contribution < -0.4 is 0 Å². The number of halogens is 3. The topological polar surface area (TPSA) is 66.9 Å². The van der Waals surface area contributed by atoms with E-state index in [-0.39, 0.29) is 27.4 Å². The molecule has 1 saturated heterocycles. The maximum Gasteiger partial charge on any atom is 0.340 e. The minimum absolute atomic E-state index is 0.0500. The number of esters is 1.